The van der Waals surface area contributed by atoms with E-state index in [1.54, 1.807) is 0 Å². The minimum absolute atomic E-state index is 0. The van der Waals surface area contributed by atoms with Gasteiger partial charge in [0.25, 0.3) is 0 Å². The summed E-state index contributed by atoms with van der Waals surface area (Å²) in [5, 5.41) is 0. The maximum absolute atomic E-state index is 0. The van der Waals surface area contributed by atoms with Crippen molar-refractivity contribution in [1.82, 2.24) is 0 Å². The van der Waals surface area contributed by atoms with Crippen LogP contribution in [0.25, 0.3) is 0 Å². The van der Waals surface area contributed by atoms with Crippen molar-refractivity contribution in [2.24, 2.45) is 0 Å². The fraction of sp³-hybridized carbons (Fsp3) is 0. The second-order valence-corrected chi connectivity index (χ2v) is 0. The first-order chi connectivity index (χ1) is 0. The van der Waals surface area contributed by atoms with Gasteiger partial charge in [0.15, 0.2) is 0 Å². The van der Waals surface area contributed by atoms with Crippen molar-refractivity contribution >= 4 is 44.1 Å². The van der Waals surface area contributed by atoms with Crippen LogP contribution < -0.4 is 0 Å². The van der Waals surface area contributed by atoms with Gasteiger partial charge in [-0.05, 0) is 0 Å². The van der Waals surface area contributed by atoms with E-state index in [-0.39, 0.29) is 63.5 Å². The van der Waals surface area contributed by atoms with Crippen molar-refractivity contribution < 1.29 is 19.5 Å². The van der Waals surface area contributed by atoms with Crippen molar-refractivity contribution in [2.75, 3.05) is 0 Å². The van der Waals surface area contributed by atoms with Crippen molar-refractivity contribution in [3.63, 3.8) is 0 Å². The quantitative estimate of drug-likeness (QED) is 0.461. The molecule has 0 aromatic heterocycles. The van der Waals surface area contributed by atoms with Crippen LogP contribution in [0.4, 0.5) is 0 Å². The molecule has 0 radical (unpaired) electrons. The molecule has 4 heavy (non-hydrogen) atoms. The SMILES string of the molecule is S.[S-2].[SeH2].[Zn+2]. The van der Waals surface area contributed by atoms with Crippen LogP contribution in [0, 0.1) is 0 Å². The molecule has 24 valence electrons. The summed E-state index contributed by atoms with van der Waals surface area (Å²) in [5.41, 5.74) is 0. The van der Waals surface area contributed by atoms with E-state index in [4.69, 9.17) is 0 Å². The average Bonchev–Trinajstić information content (AvgIpc) is 0. The van der Waals surface area contributed by atoms with E-state index in [0.717, 1.165) is 0 Å². The van der Waals surface area contributed by atoms with Gasteiger partial charge in [0.05, 0.1) is 0 Å². The molecule has 0 atom stereocenters. The van der Waals surface area contributed by atoms with Gasteiger partial charge in [-0.2, -0.15) is 13.5 Å². The van der Waals surface area contributed by atoms with E-state index in [1.807, 2.05) is 0 Å². The van der Waals surface area contributed by atoms with E-state index < -0.39 is 0 Å². The Labute approximate surface area is 63.2 Å². The summed E-state index contributed by atoms with van der Waals surface area (Å²) in [6.07, 6.45) is 0. The molecule has 4 heteroatoms. The van der Waals surface area contributed by atoms with E-state index >= 15 is 0 Å². The smallest absolute Gasteiger partial charge is 2.00 e. The van der Waals surface area contributed by atoms with Crippen LogP contribution in [-0.4, -0.2) is 17.1 Å². The van der Waals surface area contributed by atoms with Crippen LogP contribution in [-0.2, 0) is 33.0 Å². The zero-order valence-corrected chi connectivity index (χ0v) is 9.00. The largest absolute Gasteiger partial charge is 2.00 e. The van der Waals surface area contributed by atoms with Crippen LogP contribution in [0.3, 0.4) is 0 Å². The third kappa shape index (κ3) is 9.14. The van der Waals surface area contributed by atoms with Crippen molar-refractivity contribution in [3.05, 3.63) is 0 Å². The second kappa shape index (κ2) is 21.1. The Morgan fingerprint density at radius 3 is 1.00 bits per heavy atom. The first-order valence-corrected chi connectivity index (χ1v) is 0. The molecule has 0 fully saturated rings. The molecule has 0 heterocycles. The summed E-state index contributed by atoms with van der Waals surface area (Å²) in [5.74, 6) is 0. The Balaban J connectivity index is 0. The van der Waals surface area contributed by atoms with Crippen molar-refractivity contribution in [2.45, 2.75) is 0 Å². The van der Waals surface area contributed by atoms with Gasteiger partial charge in [0, 0.05) is 0 Å². The van der Waals surface area contributed by atoms with Gasteiger partial charge in [0.1, 0.15) is 0 Å². The second-order valence-electron chi connectivity index (χ2n) is 0. The zero-order valence-electron chi connectivity index (χ0n) is 2.12. The van der Waals surface area contributed by atoms with E-state index in [2.05, 4.69) is 0 Å². The van der Waals surface area contributed by atoms with Crippen LogP contribution in [0.1, 0.15) is 0 Å². The topological polar surface area (TPSA) is 0 Å². The molecule has 0 aliphatic heterocycles. The normalized spacial score (nSPS) is 0. The van der Waals surface area contributed by atoms with Crippen LogP contribution in [0.15, 0.2) is 0 Å². The standard InChI is InChI=1S/H2S.S.H2Se.Zn/h1H2;;1H2;/q;-2;;+2. The molecule has 0 saturated carbocycles. The van der Waals surface area contributed by atoms with Gasteiger partial charge in [-0.1, -0.05) is 0 Å². The molecule has 0 bridgehead atoms. The molecule has 0 aromatic rings. The van der Waals surface area contributed by atoms with Crippen molar-refractivity contribution in [1.29, 1.82) is 0 Å². The molecule has 0 rings (SSSR count). The summed E-state index contributed by atoms with van der Waals surface area (Å²) in [6, 6.07) is 0. The Kier molecular flexibility index (Phi) is 212. The number of hydrogen-bond acceptors (Lipinski definition) is 0. The minimum Gasteiger partial charge on any atom is 2.00 e. The summed E-state index contributed by atoms with van der Waals surface area (Å²) in [6.45, 7) is 0. The van der Waals surface area contributed by atoms with Crippen LogP contribution in [0.2, 0.25) is 0 Å². The van der Waals surface area contributed by atoms with Gasteiger partial charge >= 0.3 is 36.5 Å². The maximum Gasteiger partial charge on any atom is 2.00 e. The van der Waals surface area contributed by atoms with E-state index in [1.165, 1.54) is 0 Å². The van der Waals surface area contributed by atoms with Crippen LogP contribution in [0.5, 0.6) is 0 Å². The molecule has 0 aliphatic carbocycles. The van der Waals surface area contributed by atoms with Crippen LogP contribution >= 0.6 is 13.5 Å². The Morgan fingerprint density at radius 1 is 1.00 bits per heavy atom. The summed E-state index contributed by atoms with van der Waals surface area (Å²) < 4.78 is 0. The predicted molar refractivity (Wildman–Crippen MR) is 26.3 cm³/mol. The molecule has 0 N–H and O–H groups in total. The summed E-state index contributed by atoms with van der Waals surface area (Å²) in [4.78, 5) is 0. The molecule has 0 nitrogen and oxygen atoms in total. The van der Waals surface area contributed by atoms with E-state index in [0.29, 0.717) is 0 Å². The monoisotopic (exact) mass is 212 g/mol. The first-order valence-electron chi connectivity index (χ1n) is 0. The maximum atomic E-state index is 0. The molecular formula is H4S2SeZn. The molecule has 0 aromatic carbocycles. The molecule has 0 amide bonds. The molecule has 0 spiro atoms. The molecular weight excluding hydrogens is 208 g/mol. The fourth-order valence-corrected chi connectivity index (χ4v) is 0. The molecule has 0 aliphatic rings. The van der Waals surface area contributed by atoms with E-state index in [9.17, 15) is 0 Å². The average molecular weight is 213 g/mol. The Morgan fingerprint density at radius 2 is 1.00 bits per heavy atom. The van der Waals surface area contributed by atoms with Gasteiger partial charge < -0.3 is 13.5 Å². The first kappa shape index (κ1) is 40.4. The van der Waals surface area contributed by atoms with Gasteiger partial charge in [-0.25, -0.2) is 0 Å². The third-order valence-corrected chi connectivity index (χ3v) is 0. The minimum atomic E-state index is 0. The van der Waals surface area contributed by atoms with Crippen molar-refractivity contribution in [3.8, 4) is 0 Å². The van der Waals surface area contributed by atoms with Gasteiger partial charge in [-0.3, -0.25) is 0 Å². The molecule has 0 saturated heterocycles. The third-order valence-electron chi connectivity index (χ3n) is 0. The number of hydrogen-bond donors (Lipinski definition) is 0. The predicted octanol–water partition coefficient (Wildman–Crippen LogP) is -0.808. The van der Waals surface area contributed by atoms with Gasteiger partial charge in [-0.15, -0.1) is 0 Å². The summed E-state index contributed by atoms with van der Waals surface area (Å²) >= 11 is 0. The molecule has 0 unspecified atom stereocenters. The fourth-order valence-electron chi connectivity index (χ4n) is 0. The number of rotatable bonds is 0. The van der Waals surface area contributed by atoms with Gasteiger partial charge in [0.2, 0.25) is 0 Å². The Hall–Kier alpha value is 1.84. The zero-order chi connectivity index (χ0) is 0. The Bertz CT molecular complexity index is 6.00. The summed E-state index contributed by atoms with van der Waals surface area (Å²) in [7, 11) is 0.